The lowest BCUT2D eigenvalue weighted by Gasteiger charge is -2.19. The Morgan fingerprint density at radius 2 is 1.52 bits per heavy atom. The molecule has 1 aromatic carbocycles. The summed E-state index contributed by atoms with van der Waals surface area (Å²) >= 11 is 0. The molecule has 1 saturated heterocycles. The van der Waals surface area contributed by atoms with Crippen LogP contribution in [0.25, 0.3) is 5.69 Å². The average molecular weight is 280 g/mol. The van der Waals surface area contributed by atoms with Crippen molar-refractivity contribution in [2.45, 2.75) is 32.1 Å². The van der Waals surface area contributed by atoms with E-state index in [4.69, 9.17) is 0 Å². The number of benzene rings is 1. The third kappa shape index (κ3) is 2.17. The molecule has 108 valence electrons. The van der Waals surface area contributed by atoms with E-state index in [1.165, 1.54) is 37.3 Å². The van der Waals surface area contributed by atoms with Gasteiger partial charge in [0.25, 0.3) is 0 Å². The van der Waals surface area contributed by atoms with Crippen molar-refractivity contribution in [1.82, 2.24) is 4.57 Å². The molecule has 2 aromatic rings. The van der Waals surface area contributed by atoms with E-state index >= 15 is 0 Å². The molecule has 3 nitrogen and oxygen atoms in total. The number of ketones is 1. The Hall–Kier alpha value is -2.03. The summed E-state index contributed by atoms with van der Waals surface area (Å²) in [5, 5.41) is 0. The van der Waals surface area contributed by atoms with Gasteiger partial charge in [-0.25, -0.2) is 0 Å². The molecule has 3 heteroatoms. The number of hydrogen-bond donors (Lipinski definition) is 0. The molecule has 0 unspecified atom stereocenters. The van der Waals surface area contributed by atoms with Crippen LogP contribution >= 0.6 is 0 Å². The fourth-order valence-electron chi connectivity index (χ4n) is 3.57. The summed E-state index contributed by atoms with van der Waals surface area (Å²) in [6, 6.07) is 10.7. The lowest BCUT2D eigenvalue weighted by molar-refractivity contribution is 0.0972. The first kappa shape index (κ1) is 12.7. The molecule has 0 saturated carbocycles. The minimum Gasteiger partial charge on any atom is -0.372 e. The predicted octanol–water partition coefficient (Wildman–Crippen LogP) is 3.60. The van der Waals surface area contributed by atoms with E-state index in [0.29, 0.717) is 12.2 Å². The van der Waals surface area contributed by atoms with Crippen LogP contribution in [0, 0.1) is 0 Å². The highest BCUT2D eigenvalue weighted by Gasteiger charge is 2.21. The highest BCUT2D eigenvalue weighted by molar-refractivity contribution is 5.98. The van der Waals surface area contributed by atoms with Gasteiger partial charge in [-0.2, -0.15) is 0 Å². The van der Waals surface area contributed by atoms with Crippen LogP contribution in [0.4, 0.5) is 5.69 Å². The van der Waals surface area contributed by atoms with Crippen LogP contribution < -0.4 is 4.90 Å². The van der Waals surface area contributed by atoms with Crippen LogP contribution in [0.1, 0.15) is 41.7 Å². The van der Waals surface area contributed by atoms with E-state index in [-0.39, 0.29) is 0 Å². The van der Waals surface area contributed by atoms with E-state index in [9.17, 15) is 4.79 Å². The van der Waals surface area contributed by atoms with Crippen molar-refractivity contribution < 1.29 is 4.79 Å². The number of hydrogen-bond acceptors (Lipinski definition) is 2. The summed E-state index contributed by atoms with van der Waals surface area (Å²) in [5.41, 5.74) is 4.58. The molecule has 0 N–H and O–H groups in total. The first-order valence-corrected chi connectivity index (χ1v) is 7.92. The summed E-state index contributed by atoms with van der Waals surface area (Å²) in [4.78, 5) is 14.4. The van der Waals surface area contributed by atoms with Gasteiger partial charge in [-0.15, -0.1) is 0 Å². The Labute approximate surface area is 125 Å². The number of aromatic nitrogens is 1. The number of fused-ring (bicyclic) bond motifs is 1. The molecule has 1 aliphatic carbocycles. The summed E-state index contributed by atoms with van der Waals surface area (Å²) < 4.78 is 2.18. The molecule has 21 heavy (non-hydrogen) atoms. The maximum Gasteiger partial charge on any atom is 0.164 e. The number of Topliss-reactive ketones (excluding diaryl/α,β-unsaturated/α-hetero) is 1. The molecule has 2 heterocycles. The van der Waals surface area contributed by atoms with Crippen LogP contribution in [0.5, 0.6) is 0 Å². The Morgan fingerprint density at radius 3 is 2.29 bits per heavy atom. The van der Waals surface area contributed by atoms with Crippen LogP contribution in [0.3, 0.4) is 0 Å². The minimum atomic E-state index is 0.295. The van der Waals surface area contributed by atoms with Gasteiger partial charge in [0.05, 0.1) is 0 Å². The standard InChI is InChI=1S/C18H20N2O/c21-18-5-3-4-17-16(18)10-13-20(17)15-8-6-14(7-9-15)19-11-1-2-12-19/h6-10,13H,1-5,11-12H2. The third-order valence-electron chi connectivity index (χ3n) is 4.71. The number of anilines is 1. The van der Waals surface area contributed by atoms with Gasteiger partial charge in [0, 0.05) is 48.3 Å². The first-order chi connectivity index (χ1) is 10.3. The molecule has 1 aromatic heterocycles. The fraction of sp³-hybridized carbons (Fsp3) is 0.389. The molecule has 0 amide bonds. The zero-order valence-corrected chi connectivity index (χ0v) is 12.2. The quantitative estimate of drug-likeness (QED) is 0.840. The zero-order valence-electron chi connectivity index (χ0n) is 12.2. The van der Waals surface area contributed by atoms with E-state index in [1.54, 1.807) is 0 Å². The van der Waals surface area contributed by atoms with Crippen LogP contribution in [-0.2, 0) is 6.42 Å². The van der Waals surface area contributed by atoms with Crippen LogP contribution in [0.2, 0.25) is 0 Å². The zero-order chi connectivity index (χ0) is 14.2. The largest absolute Gasteiger partial charge is 0.372 e. The molecule has 0 spiro atoms. The van der Waals surface area contributed by atoms with Crippen molar-refractivity contribution in [2.75, 3.05) is 18.0 Å². The summed E-state index contributed by atoms with van der Waals surface area (Å²) in [5.74, 6) is 0.295. The van der Waals surface area contributed by atoms with Gasteiger partial charge in [0.1, 0.15) is 0 Å². The van der Waals surface area contributed by atoms with Crippen molar-refractivity contribution >= 4 is 11.5 Å². The van der Waals surface area contributed by atoms with Gasteiger partial charge in [-0.1, -0.05) is 0 Å². The summed E-state index contributed by atoms with van der Waals surface area (Å²) in [6.07, 6.45) is 7.32. The van der Waals surface area contributed by atoms with Crippen molar-refractivity contribution in [2.24, 2.45) is 0 Å². The van der Waals surface area contributed by atoms with Crippen LogP contribution in [-0.4, -0.2) is 23.4 Å². The molecular formula is C18H20N2O. The second-order valence-corrected chi connectivity index (χ2v) is 6.03. The van der Waals surface area contributed by atoms with Gasteiger partial charge in [-0.05, 0) is 56.0 Å². The summed E-state index contributed by atoms with van der Waals surface area (Å²) in [6.45, 7) is 2.35. The van der Waals surface area contributed by atoms with Gasteiger partial charge in [0.2, 0.25) is 0 Å². The lowest BCUT2D eigenvalue weighted by Crippen LogP contribution is -2.17. The number of carbonyl (C=O) groups excluding carboxylic acids is 1. The predicted molar refractivity (Wildman–Crippen MR) is 84.5 cm³/mol. The Balaban J connectivity index is 1.66. The Morgan fingerprint density at radius 1 is 0.810 bits per heavy atom. The molecule has 1 fully saturated rings. The second kappa shape index (κ2) is 5.06. The Kier molecular flexibility index (Phi) is 3.06. The van der Waals surface area contributed by atoms with Crippen LogP contribution in [0.15, 0.2) is 36.5 Å². The topological polar surface area (TPSA) is 25.2 Å². The average Bonchev–Trinajstić information content (AvgIpc) is 3.18. The van der Waals surface area contributed by atoms with Crippen molar-refractivity contribution in [3.8, 4) is 5.69 Å². The maximum atomic E-state index is 11.9. The smallest absolute Gasteiger partial charge is 0.164 e. The first-order valence-electron chi connectivity index (χ1n) is 7.92. The fourth-order valence-corrected chi connectivity index (χ4v) is 3.57. The maximum absolute atomic E-state index is 11.9. The van der Waals surface area contributed by atoms with Gasteiger partial charge in [0.15, 0.2) is 5.78 Å². The number of carbonyl (C=O) groups is 1. The summed E-state index contributed by atoms with van der Waals surface area (Å²) in [7, 11) is 0. The van der Waals surface area contributed by atoms with E-state index < -0.39 is 0 Å². The molecule has 0 radical (unpaired) electrons. The van der Waals surface area contributed by atoms with Gasteiger partial charge < -0.3 is 9.47 Å². The molecular weight excluding hydrogens is 260 g/mol. The monoisotopic (exact) mass is 280 g/mol. The Bertz CT molecular complexity index is 663. The molecule has 0 bridgehead atoms. The highest BCUT2D eigenvalue weighted by Crippen LogP contribution is 2.27. The number of rotatable bonds is 2. The number of nitrogens with zero attached hydrogens (tertiary/aromatic N) is 2. The molecule has 0 atom stereocenters. The van der Waals surface area contributed by atoms with Crippen molar-refractivity contribution in [1.29, 1.82) is 0 Å². The molecule has 1 aliphatic heterocycles. The van der Waals surface area contributed by atoms with E-state index in [2.05, 4.69) is 33.7 Å². The molecule has 2 aliphatic rings. The van der Waals surface area contributed by atoms with Gasteiger partial charge in [-0.3, -0.25) is 4.79 Å². The SMILES string of the molecule is O=C1CCCc2c1ccn2-c1ccc(N2CCCC2)cc1. The van der Waals surface area contributed by atoms with Crippen molar-refractivity contribution in [3.05, 3.63) is 47.8 Å². The highest BCUT2D eigenvalue weighted by atomic mass is 16.1. The second-order valence-electron chi connectivity index (χ2n) is 6.03. The normalized spacial score (nSPS) is 18.1. The van der Waals surface area contributed by atoms with Crippen molar-refractivity contribution in [3.63, 3.8) is 0 Å². The lowest BCUT2D eigenvalue weighted by atomic mass is 9.97. The van der Waals surface area contributed by atoms with Gasteiger partial charge >= 0.3 is 0 Å². The van der Waals surface area contributed by atoms with E-state index in [1.807, 2.05) is 12.3 Å². The third-order valence-corrected chi connectivity index (χ3v) is 4.71. The molecule has 4 rings (SSSR count). The van der Waals surface area contributed by atoms with E-state index in [0.717, 1.165) is 24.1 Å². The minimum absolute atomic E-state index is 0.295.